The second-order valence-electron chi connectivity index (χ2n) is 3.70. The van der Waals surface area contributed by atoms with Crippen molar-refractivity contribution in [3.8, 4) is 0 Å². The summed E-state index contributed by atoms with van der Waals surface area (Å²) >= 11 is 0. The molecule has 3 heteroatoms. The highest BCUT2D eigenvalue weighted by Crippen LogP contribution is 2.23. The Morgan fingerprint density at radius 2 is 2.42 bits per heavy atom. The third kappa shape index (κ3) is 2.44. The molecular formula is C9H19NO2. The molecule has 1 saturated heterocycles. The van der Waals surface area contributed by atoms with E-state index in [-0.39, 0.29) is 5.54 Å². The lowest BCUT2D eigenvalue weighted by Crippen LogP contribution is -2.48. The Labute approximate surface area is 74.2 Å². The fourth-order valence-electron chi connectivity index (χ4n) is 1.49. The van der Waals surface area contributed by atoms with Gasteiger partial charge in [-0.2, -0.15) is 0 Å². The van der Waals surface area contributed by atoms with E-state index in [9.17, 15) is 0 Å². The molecular weight excluding hydrogens is 154 g/mol. The summed E-state index contributed by atoms with van der Waals surface area (Å²) in [4.78, 5) is 0. The van der Waals surface area contributed by atoms with E-state index in [4.69, 9.17) is 15.2 Å². The highest BCUT2D eigenvalue weighted by atomic mass is 16.5. The molecule has 0 spiro atoms. The first-order valence-corrected chi connectivity index (χ1v) is 4.61. The van der Waals surface area contributed by atoms with Crippen LogP contribution in [0.4, 0.5) is 0 Å². The van der Waals surface area contributed by atoms with Gasteiger partial charge in [-0.05, 0) is 20.3 Å². The Hall–Kier alpha value is -0.120. The minimum absolute atomic E-state index is 0.216. The number of nitrogens with two attached hydrogens (primary N) is 1. The Morgan fingerprint density at radius 1 is 1.67 bits per heavy atom. The van der Waals surface area contributed by atoms with Crippen molar-refractivity contribution in [1.29, 1.82) is 0 Å². The summed E-state index contributed by atoms with van der Waals surface area (Å²) in [5.41, 5.74) is 5.89. The zero-order valence-corrected chi connectivity index (χ0v) is 8.01. The van der Waals surface area contributed by atoms with Crippen LogP contribution in [-0.4, -0.2) is 32.0 Å². The van der Waals surface area contributed by atoms with Crippen molar-refractivity contribution < 1.29 is 9.47 Å². The molecule has 12 heavy (non-hydrogen) atoms. The second kappa shape index (κ2) is 4.21. The van der Waals surface area contributed by atoms with Gasteiger partial charge in [0.05, 0.1) is 13.2 Å². The van der Waals surface area contributed by atoms with Crippen molar-refractivity contribution in [3.05, 3.63) is 0 Å². The van der Waals surface area contributed by atoms with E-state index in [1.165, 1.54) is 0 Å². The van der Waals surface area contributed by atoms with E-state index < -0.39 is 0 Å². The fraction of sp³-hybridized carbons (Fsp3) is 1.00. The Kier molecular flexibility index (Phi) is 3.50. The maximum atomic E-state index is 6.10. The van der Waals surface area contributed by atoms with Crippen LogP contribution in [-0.2, 0) is 9.47 Å². The zero-order valence-electron chi connectivity index (χ0n) is 8.01. The molecule has 0 amide bonds. The van der Waals surface area contributed by atoms with Crippen molar-refractivity contribution in [3.63, 3.8) is 0 Å². The van der Waals surface area contributed by atoms with E-state index >= 15 is 0 Å². The van der Waals surface area contributed by atoms with Crippen molar-refractivity contribution >= 4 is 0 Å². The lowest BCUT2D eigenvalue weighted by Gasteiger charge is -2.29. The van der Waals surface area contributed by atoms with Crippen LogP contribution >= 0.6 is 0 Å². The normalized spacial score (nSPS) is 28.8. The van der Waals surface area contributed by atoms with Gasteiger partial charge in [0.1, 0.15) is 0 Å². The molecule has 0 aromatic heterocycles. The fourth-order valence-corrected chi connectivity index (χ4v) is 1.49. The molecule has 1 aliphatic heterocycles. The topological polar surface area (TPSA) is 44.5 Å². The van der Waals surface area contributed by atoms with Gasteiger partial charge in [-0.15, -0.1) is 0 Å². The summed E-state index contributed by atoms with van der Waals surface area (Å²) in [6.45, 7) is 7.05. The molecule has 0 aliphatic carbocycles. The summed E-state index contributed by atoms with van der Waals surface area (Å²) < 4.78 is 10.6. The lowest BCUT2D eigenvalue weighted by molar-refractivity contribution is 0.0681. The van der Waals surface area contributed by atoms with E-state index in [1.807, 2.05) is 13.8 Å². The largest absolute Gasteiger partial charge is 0.381 e. The highest BCUT2D eigenvalue weighted by molar-refractivity contribution is 4.88. The van der Waals surface area contributed by atoms with Gasteiger partial charge in [-0.1, -0.05) is 0 Å². The molecule has 2 N–H and O–H groups in total. The molecule has 2 atom stereocenters. The van der Waals surface area contributed by atoms with Gasteiger partial charge in [0.2, 0.25) is 0 Å². The summed E-state index contributed by atoms with van der Waals surface area (Å²) in [5.74, 6) is 0.462. The molecule has 0 aromatic rings. The van der Waals surface area contributed by atoms with Crippen LogP contribution in [0.25, 0.3) is 0 Å². The van der Waals surface area contributed by atoms with Gasteiger partial charge in [0.15, 0.2) is 0 Å². The molecule has 0 saturated carbocycles. The number of rotatable bonds is 4. The summed E-state index contributed by atoms with van der Waals surface area (Å²) in [6.07, 6.45) is 1.07. The first-order valence-electron chi connectivity index (χ1n) is 4.61. The van der Waals surface area contributed by atoms with Crippen LogP contribution in [0.15, 0.2) is 0 Å². The number of hydrogen-bond acceptors (Lipinski definition) is 3. The molecule has 0 aromatic carbocycles. The van der Waals surface area contributed by atoms with E-state index in [2.05, 4.69) is 0 Å². The predicted molar refractivity (Wildman–Crippen MR) is 48.0 cm³/mol. The van der Waals surface area contributed by atoms with Crippen LogP contribution < -0.4 is 5.73 Å². The van der Waals surface area contributed by atoms with E-state index in [1.54, 1.807) is 0 Å². The second-order valence-corrected chi connectivity index (χ2v) is 3.70. The minimum atomic E-state index is -0.216. The van der Waals surface area contributed by atoms with Crippen LogP contribution in [0.2, 0.25) is 0 Å². The molecule has 1 aliphatic rings. The number of ether oxygens (including phenoxy) is 2. The van der Waals surface area contributed by atoms with Gasteiger partial charge < -0.3 is 15.2 Å². The average molecular weight is 173 g/mol. The van der Waals surface area contributed by atoms with Gasteiger partial charge in [0, 0.05) is 24.7 Å². The van der Waals surface area contributed by atoms with Crippen LogP contribution in [0.3, 0.4) is 0 Å². The summed E-state index contributed by atoms with van der Waals surface area (Å²) in [5, 5.41) is 0. The smallest absolute Gasteiger partial charge is 0.0646 e. The zero-order chi connectivity index (χ0) is 9.03. The van der Waals surface area contributed by atoms with Crippen LogP contribution in [0.1, 0.15) is 20.3 Å². The number of hydrogen-bond donors (Lipinski definition) is 1. The van der Waals surface area contributed by atoms with Crippen molar-refractivity contribution in [1.82, 2.24) is 0 Å². The van der Waals surface area contributed by atoms with Crippen molar-refractivity contribution in [2.24, 2.45) is 11.7 Å². The van der Waals surface area contributed by atoms with Crippen molar-refractivity contribution in [2.75, 3.05) is 26.4 Å². The summed E-state index contributed by atoms with van der Waals surface area (Å²) in [6, 6.07) is 0. The quantitative estimate of drug-likeness (QED) is 0.683. The van der Waals surface area contributed by atoms with E-state index in [0.717, 1.165) is 26.2 Å². The Morgan fingerprint density at radius 3 is 2.92 bits per heavy atom. The predicted octanol–water partition coefficient (Wildman–Crippen LogP) is 0.777. The first-order chi connectivity index (χ1) is 5.67. The maximum Gasteiger partial charge on any atom is 0.0646 e. The molecule has 72 valence electrons. The van der Waals surface area contributed by atoms with E-state index in [0.29, 0.717) is 12.5 Å². The molecule has 3 nitrogen and oxygen atoms in total. The molecule has 2 unspecified atom stereocenters. The monoisotopic (exact) mass is 173 g/mol. The van der Waals surface area contributed by atoms with Gasteiger partial charge in [-0.25, -0.2) is 0 Å². The third-order valence-corrected chi connectivity index (χ3v) is 2.48. The first kappa shape index (κ1) is 9.96. The highest BCUT2D eigenvalue weighted by Gasteiger charge is 2.33. The van der Waals surface area contributed by atoms with Gasteiger partial charge >= 0.3 is 0 Å². The Balaban J connectivity index is 2.34. The molecule has 1 heterocycles. The molecule has 1 rings (SSSR count). The Bertz CT molecular complexity index is 130. The van der Waals surface area contributed by atoms with Gasteiger partial charge in [-0.3, -0.25) is 0 Å². The van der Waals surface area contributed by atoms with Crippen LogP contribution in [0, 0.1) is 5.92 Å². The van der Waals surface area contributed by atoms with Gasteiger partial charge in [0.25, 0.3) is 0 Å². The third-order valence-electron chi connectivity index (χ3n) is 2.48. The molecule has 0 bridgehead atoms. The van der Waals surface area contributed by atoms with Crippen molar-refractivity contribution in [2.45, 2.75) is 25.8 Å². The van der Waals surface area contributed by atoms with Crippen LogP contribution in [0.5, 0.6) is 0 Å². The molecule has 0 radical (unpaired) electrons. The summed E-state index contributed by atoms with van der Waals surface area (Å²) in [7, 11) is 0. The minimum Gasteiger partial charge on any atom is -0.381 e. The maximum absolute atomic E-state index is 6.10. The standard InChI is InChI=1S/C9H19NO2/c1-3-11-7-9(2,10)8-4-5-12-6-8/h8H,3-7,10H2,1-2H3. The SMILES string of the molecule is CCOCC(C)(N)C1CCOC1. The lowest BCUT2D eigenvalue weighted by atomic mass is 9.87. The molecule has 1 fully saturated rings. The average Bonchev–Trinajstić information content (AvgIpc) is 2.53.